The number of benzene rings is 1. The zero-order valence-electron chi connectivity index (χ0n) is 9.07. The number of hydrogen-bond donors (Lipinski definition) is 1. The molecule has 0 aliphatic carbocycles. The average molecular weight is 214 g/mol. The molecule has 1 N–H and O–H groups in total. The fourth-order valence-corrected chi connectivity index (χ4v) is 1.77. The van der Waals surface area contributed by atoms with Crippen LogP contribution in [0.2, 0.25) is 0 Å². The number of rotatable bonds is 3. The molecule has 0 radical (unpaired) electrons. The minimum atomic E-state index is 0.103. The van der Waals surface area contributed by atoms with E-state index in [4.69, 9.17) is 10.00 Å². The molecular formula is C13H14N2O. The monoisotopic (exact) mass is 214 g/mol. The summed E-state index contributed by atoms with van der Waals surface area (Å²) < 4.78 is 5.20. The summed E-state index contributed by atoms with van der Waals surface area (Å²) in [5, 5.41) is 11.7. The topological polar surface area (TPSA) is 45.0 Å². The van der Waals surface area contributed by atoms with Crippen LogP contribution < -0.4 is 10.1 Å². The van der Waals surface area contributed by atoms with E-state index in [1.807, 2.05) is 30.3 Å². The van der Waals surface area contributed by atoms with Crippen LogP contribution in [0.15, 0.2) is 30.3 Å². The lowest BCUT2D eigenvalue weighted by Gasteiger charge is -2.14. The number of hydrogen-bond acceptors (Lipinski definition) is 3. The summed E-state index contributed by atoms with van der Waals surface area (Å²) in [5.74, 6) is 0.750. The highest BCUT2D eigenvalue weighted by molar-refractivity contribution is 5.67. The van der Waals surface area contributed by atoms with Crippen molar-refractivity contribution in [3.05, 3.63) is 35.9 Å². The summed E-state index contributed by atoms with van der Waals surface area (Å²) in [7, 11) is 0. The summed E-state index contributed by atoms with van der Waals surface area (Å²) in [6.07, 6.45) is 3.28. The van der Waals surface area contributed by atoms with Crippen molar-refractivity contribution in [3.63, 3.8) is 0 Å². The minimum Gasteiger partial charge on any atom is -0.479 e. The lowest BCUT2D eigenvalue weighted by Crippen LogP contribution is -2.19. The Hall–Kier alpha value is -1.79. The first-order chi connectivity index (χ1) is 7.90. The molecule has 2 rings (SSSR count). The Kier molecular flexibility index (Phi) is 3.58. The third-order valence-corrected chi connectivity index (χ3v) is 2.59. The van der Waals surface area contributed by atoms with Crippen molar-refractivity contribution < 1.29 is 4.74 Å². The van der Waals surface area contributed by atoms with Gasteiger partial charge in [0, 0.05) is 6.54 Å². The molecule has 1 aliphatic heterocycles. The molecule has 0 aromatic heterocycles. The number of nitriles is 1. The van der Waals surface area contributed by atoms with E-state index in [1.165, 1.54) is 11.1 Å². The van der Waals surface area contributed by atoms with Gasteiger partial charge < -0.3 is 10.1 Å². The molecule has 0 saturated carbocycles. The van der Waals surface area contributed by atoms with Gasteiger partial charge in [-0.05, 0) is 36.2 Å². The van der Waals surface area contributed by atoms with Gasteiger partial charge in [0.25, 0.3) is 0 Å². The second kappa shape index (κ2) is 5.34. The van der Waals surface area contributed by atoms with Crippen molar-refractivity contribution in [2.24, 2.45) is 0 Å². The normalized spacial score (nSPS) is 15.1. The fraction of sp³-hybridized carbons (Fsp3) is 0.308. The Morgan fingerprint density at radius 2 is 2.12 bits per heavy atom. The largest absolute Gasteiger partial charge is 0.479 e. The summed E-state index contributed by atoms with van der Waals surface area (Å²) in [6, 6.07) is 9.87. The highest BCUT2D eigenvalue weighted by Crippen LogP contribution is 2.22. The van der Waals surface area contributed by atoms with Crippen LogP contribution in [0.3, 0.4) is 0 Å². The van der Waals surface area contributed by atoms with E-state index in [0.29, 0.717) is 0 Å². The molecule has 1 aromatic rings. The first kappa shape index (κ1) is 10.7. The molecule has 0 atom stereocenters. The predicted molar refractivity (Wildman–Crippen MR) is 63.0 cm³/mol. The quantitative estimate of drug-likeness (QED) is 0.836. The molecule has 0 saturated heterocycles. The Morgan fingerprint density at radius 3 is 2.75 bits per heavy atom. The van der Waals surface area contributed by atoms with Gasteiger partial charge in [-0.1, -0.05) is 18.2 Å². The van der Waals surface area contributed by atoms with Crippen molar-refractivity contribution in [1.82, 2.24) is 5.32 Å². The average Bonchev–Trinajstić information content (AvgIpc) is 2.38. The Bertz CT molecular complexity index is 415. The molecule has 1 aliphatic rings. The second-order valence-electron chi connectivity index (χ2n) is 3.65. The van der Waals surface area contributed by atoms with E-state index < -0.39 is 0 Å². The third-order valence-electron chi connectivity index (χ3n) is 2.59. The summed E-state index contributed by atoms with van der Waals surface area (Å²) in [6.45, 7) is 2.09. The molecule has 82 valence electrons. The van der Waals surface area contributed by atoms with Crippen molar-refractivity contribution in [1.29, 1.82) is 5.26 Å². The molecule has 3 heteroatoms. The number of ether oxygens (including phenoxy) is 1. The minimum absolute atomic E-state index is 0.103. The van der Waals surface area contributed by atoms with Gasteiger partial charge in [0.05, 0.1) is 0 Å². The Morgan fingerprint density at radius 1 is 1.31 bits per heavy atom. The molecule has 0 amide bonds. The van der Waals surface area contributed by atoms with E-state index in [0.717, 1.165) is 25.3 Å². The van der Waals surface area contributed by atoms with E-state index >= 15 is 0 Å². The predicted octanol–water partition coefficient (Wildman–Crippen LogP) is 1.97. The van der Waals surface area contributed by atoms with Gasteiger partial charge in [-0.15, -0.1) is 0 Å². The molecular weight excluding hydrogens is 200 g/mol. The van der Waals surface area contributed by atoms with E-state index in [-0.39, 0.29) is 6.61 Å². The lowest BCUT2D eigenvalue weighted by atomic mass is 10.0. The molecule has 0 bridgehead atoms. The SMILES string of the molecule is N#CCOc1ccc(C2=CCNCC2)cc1. The van der Waals surface area contributed by atoms with Crippen molar-refractivity contribution in [2.75, 3.05) is 19.7 Å². The maximum absolute atomic E-state index is 8.39. The van der Waals surface area contributed by atoms with E-state index in [9.17, 15) is 0 Å². The molecule has 1 aromatic carbocycles. The molecule has 3 nitrogen and oxygen atoms in total. The number of nitrogens with zero attached hydrogens (tertiary/aromatic N) is 1. The zero-order valence-corrected chi connectivity index (χ0v) is 9.07. The third kappa shape index (κ3) is 2.62. The van der Waals surface area contributed by atoms with Gasteiger partial charge in [-0.3, -0.25) is 0 Å². The van der Waals surface area contributed by atoms with Crippen LogP contribution in [-0.4, -0.2) is 19.7 Å². The van der Waals surface area contributed by atoms with Crippen LogP contribution in [0.4, 0.5) is 0 Å². The molecule has 0 spiro atoms. The van der Waals surface area contributed by atoms with E-state index in [1.54, 1.807) is 0 Å². The van der Waals surface area contributed by atoms with Crippen LogP contribution in [0.1, 0.15) is 12.0 Å². The van der Waals surface area contributed by atoms with Gasteiger partial charge in [0.15, 0.2) is 6.61 Å². The van der Waals surface area contributed by atoms with Crippen LogP contribution in [0.5, 0.6) is 5.75 Å². The van der Waals surface area contributed by atoms with Crippen molar-refractivity contribution >= 4 is 5.57 Å². The van der Waals surface area contributed by atoms with Crippen molar-refractivity contribution in [3.8, 4) is 11.8 Å². The summed E-state index contributed by atoms with van der Waals surface area (Å²) in [4.78, 5) is 0. The van der Waals surface area contributed by atoms with Crippen LogP contribution in [0, 0.1) is 11.3 Å². The molecule has 0 fully saturated rings. The highest BCUT2D eigenvalue weighted by Gasteiger charge is 2.05. The van der Waals surface area contributed by atoms with Gasteiger partial charge in [-0.25, -0.2) is 0 Å². The van der Waals surface area contributed by atoms with Crippen LogP contribution >= 0.6 is 0 Å². The standard InChI is InChI=1S/C13H14N2O/c14-7-10-16-13-3-1-11(2-4-13)12-5-8-15-9-6-12/h1-5,15H,6,8-10H2. The van der Waals surface area contributed by atoms with Gasteiger partial charge >= 0.3 is 0 Å². The maximum Gasteiger partial charge on any atom is 0.174 e. The fourth-order valence-electron chi connectivity index (χ4n) is 1.77. The number of nitrogens with one attached hydrogen (secondary N) is 1. The van der Waals surface area contributed by atoms with Gasteiger partial charge in [0.2, 0.25) is 0 Å². The second-order valence-corrected chi connectivity index (χ2v) is 3.65. The highest BCUT2D eigenvalue weighted by atomic mass is 16.5. The maximum atomic E-state index is 8.39. The first-order valence-corrected chi connectivity index (χ1v) is 5.40. The first-order valence-electron chi connectivity index (χ1n) is 5.40. The molecule has 16 heavy (non-hydrogen) atoms. The van der Waals surface area contributed by atoms with Crippen molar-refractivity contribution in [2.45, 2.75) is 6.42 Å². The summed E-state index contributed by atoms with van der Waals surface area (Å²) in [5.41, 5.74) is 2.62. The zero-order chi connectivity index (χ0) is 11.2. The van der Waals surface area contributed by atoms with E-state index in [2.05, 4.69) is 11.4 Å². The van der Waals surface area contributed by atoms with Gasteiger partial charge in [0.1, 0.15) is 11.8 Å². The van der Waals surface area contributed by atoms with Gasteiger partial charge in [-0.2, -0.15) is 5.26 Å². The summed E-state index contributed by atoms with van der Waals surface area (Å²) >= 11 is 0. The van der Waals surface area contributed by atoms with Crippen LogP contribution in [0.25, 0.3) is 5.57 Å². The molecule has 1 heterocycles. The smallest absolute Gasteiger partial charge is 0.174 e. The Balaban J connectivity index is 2.07. The lowest BCUT2D eigenvalue weighted by molar-refractivity contribution is 0.368. The van der Waals surface area contributed by atoms with Crippen LogP contribution in [-0.2, 0) is 0 Å². The Labute approximate surface area is 95.3 Å². The molecule has 0 unspecified atom stereocenters.